The number of hydrogen-bond acceptors (Lipinski definition) is 6. The number of carboxylic acid groups (broad SMARTS) is 1. The second kappa shape index (κ2) is 36.3. The monoisotopic (exact) mass is 747 g/mol. The molecule has 0 heterocycles. The molecule has 0 saturated carbocycles. The molecule has 0 aromatic rings. The van der Waals surface area contributed by atoms with E-state index < -0.39 is 18.1 Å². The first kappa shape index (κ1) is 50.3. The fraction of sp³-hybridized carbons (Fsp3) is 0.756. The molecule has 0 aliphatic heterocycles. The van der Waals surface area contributed by atoms with Crippen LogP contribution in [0.1, 0.15) is 168 Å². The highest BCUT2D eigenvalue weighted by Gasteiger charge is 2.31. The van der Waals surface area contributed by atoms with Crippen molar-refractivity contribution in [3.8, 4) is 0 Å². The molecule has 0 bridgehead atoms. The van der Waals surface area contributed by atoms with E-state index in [0.717, 1.165) is 70.6 Å². The summed E-state index contributed by atoms with van der Waals surface area (Å²) in [5, 5.41) is 9.60. The maximum absolute atomic E-state index is 12.7. The molecule has 0 aliphatic rings. The molecule has 2 atom stereocenters. The van der Waals surface area contributed by atoms with E-state index in [-0.39, 0.29) is 36.2 Å². The zero-order chi connectivity index (χ0) is 39.3. The number of ether oxygens (including phenoxy) is 3. The summed E-state index contributed by atoms with van der Waals surface area (Å²) < 4.78 is 17.2. The number of carbonyl (C=O) groups is 3. The largest absolute Gasteiger partial charge is 0.477 e. The van der Waals surface area contributed by atoms with Gasteiger partial charge in [0.1, 0.15) is 6.61 Å². The lowest BCUT2D eigenvalue weighted by molar-refractivity contribution is -0.887. The highest BCUT2D eigenvalue weighted by Crippen LogP contribution is 2.13. The molecule has 8 heteroatoms. The van der Waals surface area contributed by atoms with Gasteiger partial charge in [0.25, 0.3) is 0 Å². The molecule has 0 aromatic carbocycles. The van der Waals surface area contributed by atoms with Crippen molar-refractivity contribution in [2.75, 3.05) is 41.0 Å². The molecule has 0 rings (SSSR count). The summed E-state index contributed by atoms with van der Waals surface area (Å²) in [5.74, 6) is -1.50. The zero-order valence-corrected chi connectivity index (χ0v) is 34.7. The van der Waals surface area contributed by atoms with Gasteiger partial charge in [-0.3, -0.25) is 9.59 Å². The van der Waals surface area contributed by atoms with Crippen LogP contribution >= 0.6 is 0 Å². The van der Waals surface area contributed by atoms with Crippen LogP contribution in [-0.2, 0) is 28.6 Å². The average Bonchev–Trinajstić information content (AvgIpc) is 3.11. The van der Waals surface area contributed by atoms with Crippen molar-refractivity contribution in [1.82, 2.24) is 0 Å². The van der Waals surface area contributed by atoms with Crippen LogP contribution in [0.3, 0.4) is 0 Å². The van der Waals surface area contributed by atoms with Crippen molar-refractivity contribution in [3.05, 3.63) is 48.6 Å². The van der Waals surface area contributed by atoms with Gasteiger partial charge in [-0.2, -0.15) is 0 Å². The molecule has 0 saturated heterocycles. The lowest BCUT2D eigenvalue weighted by Crippen LogP contribution is -2.50. The van der Waals surface area contributed by atoms with Gasteiger partial charge >= 0.3 is 17.9 Å². The Balaban J connectivity index is 4.41. The topological polar surface area (TPSA) is 99.1 Å². The predicted octanol–water partition coefficient (Wildman–Crippen LogP) is 11.2. The van der Waals surface area contributed by atoms with Gasteiger partial charge in [0.05, 0.1) is 34.4 Å². The van der Waals surface area contributed by atoms with Crippen LogP contribution in [0.25, 0.3) is 0 Å². The molecule has 0 radical (unpaired) electrons. The van der Waals surface area contributed by atoms with Crippen LogP contribution < -0.4 is 0 Å². The lowest BCUT2D eigenvalue weighted by atomic mass is 10.1. The van der Waals surface area contributed by atoms with E-state index in [0.29, 0.717) is 19.3 Å². The maximum Gasteiger partial charge on any atom is 0.362 e. The number of likely N-dealkylation sites (N-methyl/N-ethyl adjacent to an activating group) is 1. The van der Waals surface area contributed by atoms with Crippen LogP contribution in [-0.4, -0.2) is 80.6 Å². The van der Waals surface area contributed by atoms with E-state index in [1.807, 2.05) is 21.1 Å². The first-order valence-corrected chi connectivity index (χ1v) is 21.2. The van der Waals surface area contributed by atoms with Crippen molar-refractivity contribution in [2.24, 2.45) is 0 Å². The third-order valence-corrected chi connectivity index (χ3v) is 9.21. The van der Waals surface area contributed by atoms with Crippen molar-refractivity contribution in [1.29, 1.82) is 0 Å². The molecule has 2 unspecified atom stereocenters. The molecular weight excluding hydrogens is 666 g/mol. The summed E-state index contributed by atoms with van der Waals surface area (Å²) in [5.41, 5.74) is 0. The normalized spacial score (nSPS) is 13.5. The van der Waals surface area contributed by atoms with E-state index in [9.17, 15) is 19.5 Å². The SMILES string of the molecule is CC/C=C/C/C=C/C/C=C/CCCCCCC(=O)OCC(COCCC(C(=O)O)[N+](C)(C)C)OC(=O)CCCCCCCCC/C=C/CCCCCC. The standard InChI is InChI=1S/C45H79NO7/c1-6-8-10-12-14-16-18-20-22-24-26-28-30-32-34-36-44(48)53-41(39-51-38-37-42(45(49)50)46(3,4)5)40-52-43(47)35-33-31-29-27-25-23-21-19-17-15-13-11-9-7-2/h9,11,15-18,21,23,41-42H,6-8,10,12-14,19-20,22,24-40H2,1-5H3/p+1/b11-9+,17-15+,18-16+,23-21+. The minimum atomic E-state index is -0.880. The number of carboxylic acids is 1. The van der Waals surface area contributed by atoms with E-state index >= 15 is 0 Å². The molecule has 0 amide bonds. The van der Waals surface area contributed by atoms with Gasteiger partial charge < -0.3 is 23.8 Å². The van der Waals surface area contributed by atoms with Gasteiger partial charge in [-0.25, -0.2) is 4.79 Å². The predicted molar refractivity (Wildman–Crippen MR) is 220 cm³/mol. The number of allylic oxidation sites excluding steroid dienone is 8. The second-order valence-corrected chi connectivity index (χ2v) is 15.2. The van der Waals surface area contributed by atoms with Crippen molar-refractivity contribution in [3.63, 3.8) is 0 Å². The van der Waals surface area contributed by atoms with E-state index in [1.165, 1.54) is 64.2 Å². The Morgan fingerprint density at radius 3 is 1.58 bits per heavy atom. The van der Waals surface area contributed by atoms with Gasteiger partial charge in [-0.15, -0.1) is 0 Å². The smallest absolute Gasteiger partial charge is 0.362 e. The summed E-state index contributed by atoms with van der Waals surface area (Å²) in [7, 11) is 5.51. The number of esters is 2. The molecule has 0 aromatic heterocycles. The zero-order valence-electron chi connectivity index (χ0n) is 34.7. The Morgan fingerprint density at radius 1 is 0.585 bits per heavy atom. The summed E-state index contributed by atoms with van der Waals surface area (Å²) in [6, 6.07) is -0.619. The number of quaternary nitrogens is 1. The quantitative estimate of drug-likeness (QED) is 0.0292. The molecule has 1 N–H and O–H groups in total. The molecule has 8 nitrogen and oxygen atoms in total. The summed E-state index contributed by atoms with van der Waals surface area (Å²) in [6.45, 7) is 4.57. The number of rotatable bonds is 37. The van der Waals surface area contributed by atoms with Crippen LogP contribution in [0.2, 0.25) is 0 Å². The third kappa shape index (κ3) is 34.8. The number of unbranched alkanes of at least 4 members (excludes halogenated alkanes) is 15. The van der Waals surface area contributed by atoms with Crippen molar-refractivity contribution < 1.29 is 38.2 Å². The van der Waals surface area contributed by atoms with Gasteiger partial charge in [-0.1, -0.05) is 127 Å². The van der Waals surface area contributed by atoms with Crippen LogP contribution in [0, 0.1) is 0 Å². The molecule has 306 valence electrons. The van der Waals surface area contributed by atoms with Crippen molar-refractivity contribution >= 4 is 17.9 Å². The fourth-order valence-electron chi connectivity index (χ4n) is 5.92. The molecule has 0 fully saturated rings. The maximum atomic E-state index is 12.7. The van der Waals surface area contributed by atoms with Crippen molar-refractivity contribution in [2.45, 2.75) is 180 Å². The fourth-order valence-corrected chi connectivity index (χ4v) is 5.92. The van der Waals surface area contributed by atoms with Gasteiger partial charge in [0.15, 0.2) is 12.1 Å². The molecule has 0 aliphatic carbocycles. The van der Waals surface area contributed by atoms with Gasteiger partial charge in [0, 0.05) is 19.3 Å². The van der Waals surface area contributed by atoms with Crippen LogP contribution in [0.5, 0.6) is 0 Å². The summed E-state index contributed by atoms with van der Waals surface area (Å²) >= 11 is 0. The average molecular weight is 747 g/mol. The van der Waals surface area contributed by atoms with E-state index in [4.69, 9.17) is 14.2 Å². The molecular formula is C45H80NO7+. The van der Waals surface area contributed by atoms with E-state index in [1.54, 1.807) is 0 Å². The minimum absolute atomic E-state index is 0.0514. The van der Waals surface area contributed by atoms with Crippen LogP contribution in [0.4, 0.5) is 0 Å². The number of hydrogen-bond donors (Lipinski definition) is 1. The minimum Gasteiger partial charge on any atom is -0.477 e. The lowest BCUT2D eigenvalue weighted by Gasteiger charge is -2.31. The first-order valence-electron chi connectivity index (χ1n) is 21.2. The Bertz CT molecular complexity index is 1010. The first-order chi connectivity index (χ1) is 25.6. The number of carbonyl (C=O) groups excluding carboxylic acids is 2. The van der Waals surface area contributed by atoms with E-state index in [2.05, 4.69) is 62.5 Å². The number of aliphatic carboxylic acids is 1. The van der Waals surface area contributed by atoms with Gasteiger partial charge in [-0.05, 0) is 70.6 Å². The molecule has 0 spiro atoms. The summed E-state index contributed by atoms with van der Waals surface area (Å²) in [6.07, 6.45) is 41.5. The number of nitrogens with zero attached hydrogens (tertiary/aromatic N) is 1. The summed E-state index contributed by atoms with van der Waals surface area (Å²) in [4.78, 5) is 36.9. The molecule has 53 heavy (non-hydrogen) atoms. The Morgan fingerprint density at radius 2 is 1.06 bits per heavy atom. The van der Waals surface area contributed by atoms with Crippen LogP contribution in [0.15, 0.2) is 48.6 Å². The Labute approximate surface area is 325 Å². The highest BCUT2D eigenvalue weighted by molar-refractivity contribution is 5.72. The third-order valence-electron chi connectivity index (χ3n) is 9.21. The second-order valence-electron chi connectivity index (χ2n) is 15.2. The Kier molecular flexibility index (Phi) is 34.4. The Hall–Kier alpha value is -2.71. The van der Waals surface area contributed by atoms with Gasteiger partial charge in [0.2, 0.25) is 0 Å². The highest BCUT2D eigenvalue weighted by atomic mass is 16.6.